The molecule has 3 aromatic heterocycles. The summed E-state index contributed by atoms with van der Waals surface area (Å²) in [4.78, 5) is 32.6. The van der Waals surface area contributed by atoms with Gasteiger partial charge < -0.3 is 11.1 Å². The van der Waals surface area contributed by atoms with Crippen molar-refractivity contribution in [1.82, 2.24) is 19.7 Å². The van der Waals surface area contributed by atoms with Crippen LogP contribution in [0.25, 0.3) is 10.9 Å². The Labute approximate surface area is 200 Å². The van der Waals surface area contributed by atoms with Crippen LogP contribution in [0.2, 0.25) is 0 Å². The fraction of sp³-hybridized carbons (Fsp3) is 0.130. The summed E-state index contributed by atoms with van der Waals surface area (Å²) in [5, 5.41) is 14.8. The summed E-state index contributed by atoms with van der Waals surface area (Å²) in [6.07, 6.45) is -3.58. The smallest absolute Gasteiger partial charge is 0.364 e. The van der Waals surface area contributed by atoms with Crippen LogP contribution in [0.4, 0.5) is 23.2 Å². The highest BCUT2D eigenvalue weighted by molar-refractivity contribution is 6.14. The van der Waals surface area contributed by atoms with E-state index >= 15 is 0 Å². The minimum Gasteiger partial charge on any atom is -0.364 e. The maximum Gasteiger partial charge on any atom is 0.437 e. The van der Waals surface area contributed by atoms with Gasteiger partial charge in [0, 0.05) is 17.6 Å². The molecule has 4 rings (SSSR count). The maximum absolute atomic E-state index is 13.8. The second kappa shape index (κ2) is 9.06. The van der Waals surface area contributed by atoms with Gasteiger partial charge in [-0.1, -0.05) is 6.07 Å². The van der Waals surface area contributed by atoms with Crippen LogP contribution >= 0.6 is 0 Å². The van der Waals surface area contributed by atoms with Gasteiger partial charge in [-0.3, -0.25) is 14.3 Å². The number of carbonyl (C=O) groups excluding carboxylic acids is 2. The number of carbonyl (C=O) groups is 2. The van der Waals surface area contributed by atoms with Crippen molar-refractivity contribution in [2.24, 2.45) is 5.73 Å². The Bertz CT molecular complexity index is 1550. The third-order valence-electron chi connectivity index (χ3n) is 5.25. The van der Waals surface area contributed by atoms with E-state index in [0.717, 1.165) is 22.9 Å². The molecule has 0 aliphatic rings. The summed E-state index contributed by atoms with van der Waals surface area (Å²) in [5.41, 5.74) is 3.24. The number of nitriles is 1. The van der Waals surface area contributed by atoms with E-state index in [9.17, 15) is 27.2 Å². The topological polar surface area (TPSA) is 140 Å². The van der Waals surface area contributed by atoms with Crippen molar-refractivity contribution in [3.63, 3.8) is 0 Å². The molecule has 4 aromatic rings. The van der Waals surface area contributed by atoms with Gasteiger partial charge in [-0.25, -0.2) is 14.4 Å². The largest absolute Gasteiger partial charge is 0.437 e. The fourth-order valence-corrected chi connectivity index (χ4v) is 3.50. The van der Waals surface area contributed by atoms with Gasteiger partial charge in [-0.15, -0.1) is 0 Å². The third kappa shape index (κ3) is 4.69. The molecule has 2 amide bonds. The molecule has 0 spiro atoms. The van der Waals surface area contributed by atoms with Crippen LogP contribution in [0.1, 0.15) is 43.5 Å². The van der Waals surface area contributed by atoms with Crippen LogP contribution in [0.15, 0.2) is 42.6 Å². The van der Waals surface area contributed by atoms with Gasteiger partial charge in [0.2, 0.25) is 0 Å². The number of amides is 2. The molecular weight excluding hydrogens is 482 g/mol. The number of nitrogens with zero attached hydrogens (tertiary/aromatic N) is 5. The molecule has 0 radical (unpaired) electrons. The van der Waals surface area contributed by atoms with Crippen LogP contribution in [0.5, 0.6) is 0 Å². The first-order chi connectivity index (χ1) is 17.0. The van der Waals surface area contributed by atoms with E-state index in [2.05, 4.69) is 20.4 Å². The Hall–Kier alpha value is -4.86. The number of nitrogens with two attached hydrogens (primary N) is 1. The van der Waals surface area contributed by atoms with Gasteiger partial charge in [-0.05, 0) is 36.8 Å². The summed E-state index contributed by atoms with van der Waals surface area (Å²) in [6, 6.07) is 9.02. The quantitative estimate of drug-likeness (QED) is 0.404. The number of benzene rings is 1. The lowest BCUT2D eigenvalue weighted by Gasteiger charge is -2.11. The molecule has 0 atom stereocenters. The molecule has 9 nitrogen and oxygen atoms in total. The molecule has 1 aromatic carbocycles. The van der Waals surface area contributed by atoms with E-state index in [1.54, 1.807) is 0 Å². The predicted octanol–water partition coefficient (Wildman–Crippen LogP) is 3.56. The van der Waals surface area contributed by atoms with E-state index in [4.69, 9.17) is 11.0 Å². The standard InChI is InChI=1S/C23H15F4N7O2/c1-11-19(20(23(25,26)27)33-34(11)10-12-2-4-14(8-28)30-9-12)32-22(36)16-7-18(21(29)35)31-17-6-13(24)3-5-15(16)17/h2-7,9H,10H2,1H3,(H2,29,35)(H,32,36). The number of pyridine rings is 2. The Morgan fingerprint density at radius 3 is 2.56 bits per heavy atom. The van der Waals surface area contributed by atoms with E-state index in [-0.39, 0.29) is 40.1 Å². The Balaban J connectivity index is 1.76. The number of halogens is 4. The molecule has 182 valence electrons. The van der Waals surface area contributed by atoms with Crippen molar-refractivity contribution in [2.75, 3.05) is 5.32 Å². The van der Waals surface area contributed by atoms with Crippen LogP contribution < -0.4 is 11.1 Å². The van der Waals surface area contributed by atoms with Crippen molar-refractivity contribution in [3.8, 4) is 6.07 Å². The number of nitrogens with one attached hydrogen (secondary N) is 1. The Kier molecular flexibility index (Phi) is 6.11. The highest BCUT2D eigenvalue weighted by Crippen LogP contribution is 2.36. The molecule has 0 bridgehead atoms. The van der Waals surface area contributed by atoms with Gasteiger partial charge >= 0.3 is 6.18 Å². The monoisotopic (exact) mass is 497 g/mol. The lowest BCUT2D eigenvalue weighted by molar-refractivity contribution is -0.140. The molecule has 3 heterocycles. The maximum atomic E-state index is 13.8. The molecule has 0 fully saturated rings. The minimum absolute atomic E-state index is 0.0143. The van der Waals surface area contributed by atoms with E-state index in [0.29, 0.717) is 5.56 Å². The zero-order chi connectivity index (χ0) is 26.2. The molecule has 0 unspecified atom stereocenters. The fourth-order valence-electron chi connectivity index (χ4n) is 3.50. The number of hydrogen-bond acceptors (Lipinski definition) is 6. The number of primary amides is 1. The van der Waals surface area contributed by atoms with Crippen molar-refractivity contribution >= 4 is 28.4 Å². The van der Waals surface area contributed by atoms with Gasteiger partial charge in [0.25, 0.3) is 11.8 Å². The number of aromatic nitrogens is 4. The predicted molar refractivity (Wildman–Crippen MR) is 118 cm³/mol. The summed E-state index contributed by atoms with van der Waals surface area (Å²) < 4.78 is 56.2. The number of fused-ring (bicyclic) bond motifs is 1. The molecule has 3 N–H and O–H groups in total. The van der Waals surface area contributed by atoms with Crippen molar-refractivity contribution in [3.05, 3.63) is 82.3 Å². The number of alkyl halides is 3. The van der Waals surface area contributed by atoms with Crippen molar-refractivity contribution < 1.29 is 27.2 Å². The molecular formula is C23H15F4N7O2. The highest BCUT2D eigenvalue weighted by atomic mass is 19.4. The summed E-state index contributed by atoms with van der Waals surface area (Å²) in [7, 11) is 0. The number of hydrogen-bond donors (Lipinski definition) is 2. The van der Waals surface area contributed by atoms with Crippen LogP contribution in [-0.4, -0.2) is 31.6 Å². The van der Waals surface area contributed by atoms with Crippen LogP contribution in [-0.2, 0) is 12.7 Å². The van der Waals surface area contributed by atoms with E-state index < -0.39 is 35.2 Å². The molecule has 0 aliphatic heterocycles. The normalized spacial score (nSPS) is 11.3. The average Bonchev–Trinajstić information content (AvgIpc) is 3.13. The molecule has 0 saturated heterocycles. The number of anilines is 1. The first-order valence-electron chi connectivity index (χ1n) is 10.2. The SMILES string of the molecule is Cc1c(NC(=O)c2cc(C(N)=O)nc3cc(F)ccc23)c(C(F)(F)F)nn1Cc1ccc(C#N)nc1. The average molecular weight is 497 g/mol. The minimum atomic E-state index is -4.91. The first-order valence-corrected chi connectivity index (χ1v) is 10.2. The lowest BCUT2D eigenvalue weighted by atomic mass is 10.1. The first kappa shape index (κ1) is 24.3. The van der Waals surface area contributed by atoms with E-state index in [1.807, 2.05) is 6.07 Å². The van der Waals surface area contributed by atoms with Crippen molar-refractivity contribution in [1.29, 1.82) is 5.26 Å². The second-order valence-electron chi connectivity index (χ2n) is 7.66. The molecule has 13 heteroatoms. The molecule has 0 saturated carbocycles. The second-order valence-corrected chi connectivity index (χ2v) is 7.66. The van der Waals surface area contributed by atoms with Gasteiger partial charge in [0.15, 0.2) is 5.69 Å². The zero-order valence-electron chi connectivity index (χ0n) is 18.4. The van der Waals surface area contributed by atoms with Crippen LogP contribution in [0, 0.1) is 24.1 Å². The van der Waals surface area contributed by atoms with Gasteiger partial charge in [-0.2, -0.15) is 23.5 Å². The summed E-state index contributed by atoms with van der Waals surface area (Å²) >= 11 is 0. The van der Waals surface area contributed by atoms with E-state index in [1.165, 1.54) is 31.3 Å². The van der Waals surface area contributed by atoms with Crippen LogP contribution in [0.3, 0.4) is 0 Å². The molecule has 36 heavy (non-hydrogen) atoms. The third-order valence-corrected chi connectivity index (χ3v) is 5.25. The summed E-state index contributed by atoms with van der Waals surface area (Å²) in [5.74, 6) is -2.72. The highest BCUT2D eigenvalue weighted by Gasteiger charge is 2.39. The number of rotatable bonds is 5. The van der Waals surface area contributed by atoms with Gasteiger partial charge in [0.1, 0.15) is 23.3 Å². The van der Waals surface area contributed by atoms with Gasteiger partial charge in [0.05, 0.1) is 29.0 Å². The zero-order valence-corrected chi connectivity index (χ0v) is 18.4. The van der Waals surface area contributed by atoms with Crippen molar-refractivity contribution in [2.45, 2.75) is 19.6 Å². The Morgan fingerprint density at radius 1 is 1.19 bits per heavy atom. The Morgan fingerprint density at radius 2 is 1.94 bits per heavy atom. The lowest BCUT2D eigenvalue weighted by Crippen LogP contribution is -2.19. The summed E-state index contributed by atoms with van der Waals surface area (Å²) in [6.45, 7) is 1.22. The molecule has 0 aliphatic carbocycles.